The number of anilines is 1. The highest BCUT2D eigenvalue weighted by molar-refractivity contribution is 6.03. The molecule has 4 aromatic rings. The van der Waals surface area contributed by atoms with Gasteiger partial charge in [0, 0.05) is 75.2 Å². The summed E-state index contributed by atoms with van der Waals surface area (Å²) in [6, 6.07) is 16.9. The Morgan fingerprint density at radius 2 is 1.88 bits per heavy atom. The van der Waals surface area contributed by atoms with Gasteiger partial charge in [-0.3, -0.25) is 14.3 Å². The number of amides is 2. The van der Waals surface area contributed by atoms with Gasteiger partial charge in [-0.25, -0.2) is 9.78 Å². The van der Waals surface area contributed by atoms with Crippen LogP contribution in [-0.2, 0) is 11.3 Å². The zero-order valence-corrected chi connectivity index (χ0v) is 24.3. The van der Waals surface area contributed by atoms with Crippen LogP contribution in [0.2, 0.25) is 0 Å². The van der Waals surface area contributed by atoms with Crippen LogP contribution in [0.3, 0.4) is 0 Å². The number of ether oxygens (including phenoxy) is 3. The Bertz CT molecular complexity index is 1530. The molecule has 220 valence electrons. The van der Waals surface area contributed by atoms with E-state index in [1.165, 1.54) is 23.0 Å². The molecule has 1 aliphatic heterocycles. The maximum Gasteiger partial charge on any atom is 0.325 e. The molecule has 0 spiro atoms. The van der Waals surface area contributed by atoms with Gasteiger partial charge in [0.15, 0.2) is 11.5 Å². The van der Waals surface area contributed by atoms with E-state index in [2.05, 4.69) is 27.4 Å². The summed E-state index contributed by atoms with van der Waals surface area (Å²) in [7, 11) is 3.22. The molecule has 5 rings (SSSR count). The van der Waals surface area contributed by atoms with Gasteiger partial charge < -0.3 is 24.8 Å². The number of carbonyl (C=O) groups is 2. The molecule has 2 aromatic heterocycles. The van der Waals surface area contributed by atoms with E-state index in [1.807, 2.05) is 36.4 Å². The van der Waals surface area contributed by atoms with Gasteiger partial charge in [-0.15, -0.1) is 0 Å². The van der Waals surface area contributed by atoms with Crippen molar-refractivity contribution in [3.63, 3.8) is 0 Å². The second-order valence-electron chi connectivity index (χ2n) is 10.4. The minimum Gasteiger partial charge on any atom is -0.490 e. The highest BCUT2D eigenvalue weighted by Crippen LogP contribution is 2.37. The molecule has 2 aromatic carbocycles. The first-order chi connectivity index (χ1) is 20.4. The summed E-state index contributed by atoms with van der Waals surface area (Å²) in [6.45, 7) is 5.24. The van der Waals surface area contributed by atoms with Crippen molar-refractivity contribution in [3.8, 4) is 17.2 Å². The van der Waals surface area contributed by atoms with Gasteiger partial charge in [0.1, 0.15) is 11.6 Å². The summed E-state index contributed by atoms with van der Waals surface area (Å²) in [6.07, 6.45) is 6.43. The molecule has 1 saturated heterocycles. The molecule has 0 aliphatic carbocycles. The van der Waals surface area contributed by atoms with E-state index >= 15 is 0 Å². The van der Waals surface area contributed by atoms with E-state index in [0.29, 0.717) is 59.8 Å². The van der Waals surface area contributed by atoms with Crippen LogP contribution in [0.5, 0.6) is 17.2 Å². The molecule has 42 heavy (non-hydrogen) atoms. The first-order valence-electron chi connectivity index (χ1n) is 14.2. The van der Waals surface area contributed by atoms with Crippen molar-refractivity contribution in [1.29, 1.82) is 0 Å². The average molecular weight is 572 g/mol. The van der Waals surface area contributed by atoms with Gasteiger partial charge in [-0.2, -0.15) is 0 Å². The molecule has 0 unspecified atom stereocenters. The number of carbonyl (C=O) groups excluding carboxylic acids is 2. The summed E-state index contributed by atoms with van der Waals surface area (Å²) < 4.78 is 18.9. The number of nitrogens with zero attached hydrogens (tertiary/aromatic N) is 3. The Morgan fingerprint density at radius 1 is 1.05 bits per heavy atom. The number of hydrogen-bond acceptors (Lipinski definition) is 7. The van der Waals surface area contributed by atoms with Crippen LogP contribution >= 0.6 is 0 Å². The second kappa shape index (κ2) is 13.5. The van der Waals surface area contributed by atoms with Gasteiger partial charge >= 0.3 is 6.03 Å². The number of methoxy groups -OCH3 is 1. The number of nitrogens with one attached hydrogen (secondary N) is 2. The number of benzene rings is 2. The Kier molecular flexibility index (Phi) is 9.35. The summed E-state index contributed by atoms with van der Waals surface area (Å²) in [5.74, 6) is 1.54. The van der Waals surface area contributed by atoms with Gasteiger partial charge in [-0.1, -0.05) is 12.1 Å². The third-order valence-corrected chi connectivity index (χ3v) is 7.43. The minimum absolute atomic E-state index is 0.250. The van der Waals surface area contributed by atoms with Crippen LogP contribution in [0.25, 0.3) is 10.9 Å². The SMILES string of the molecule is CNC(=O)n1ccc2cc(Oc3ccnc(NC(=O)c4ccc(CN5CCC[C@@H]5C)cc4)c3)c(OCCCOC)cc21. The first kappa shape index (κ1) is 29.1. The van der Waals surface area contributed by atoms with Gasteiger partial charge in [0.05, 0.1) is 12.1 Å². The molecule has 3 heterocycles. The topological polar surface area (TPSA) is 107 Å². The number of pyridine rings is 1. The lowest BCUT2D eigenvalue weighted by molar-refractivity contribution is 0.102. The Balaban J connectivity index is 1.30. The lowest BCUT2D eigenvalue weighted by atomic mass is 10.1. The fourth-order valence-electron chi connectivity index (χ4n) is 5.10. The zero-order valence-electron chi connectivity index (χ0n) is 24.3. The first-order valence-corrected chi connectivity index (χ1v) is 14.2. The standard InChI is InChI=1S/C32H37N5O5/c1-22-6-4-14-36(22)21-23-7-9-24(10-8-23)31(38)35-30-19-26(11-13-34-30)42-29-18-25-12-15-37(32(39)33-2)27(25)20-28(29)41-17-5-16-40-3/h7-13,15,18-20,22H,4-6,14,16-17,21H2,1-3H3,(H,33,39)(H,34,35,38)/t22-/m0/s1. The molecular weight excluding hydrogens is 534 g/mol. The predicted molar refractivity (Wildman–Crippen MR) is 162 cm³/mol. The molecule has 2 amide bonds. The van der Waals surface area contributed by atoms with Crippen LogP contribution in [0.15, 0.2) is 67.0 Å². The Hall–Kier alpha value is -4.41. The monoisotopic (exact) mass is 571 g/mol. The Morgan fingerprint density at radius 3 is 2.62 bits per heavy atom. The molecule has 1 fully saturated rings. The van der Waals surface area contributed by atoms with Crippen LogP contribution < -0.4 is 20.1 Å². The fourth-order valence-corrected chi connectivity index (χ4v) is 5.10. The van der Waals surface area contributed by atoms with Crippen LogP contribution in [-0.4, -0.2) is 66.3 Å². The lowest BCUT2D eigenvalue weighted by Gasteiger charge is -2.20. The highest BCUT2D eigenvalue weighted by Gasteiger charge is 2.20. The lowest BCUT2D eigenvalue weighted by Crippen LogP contribution is -2.26. The van der Waals surface area contributed by atoms with Crippen molar-refractivity contribution in [1.82, 2.24) is 19.8 Å². The summed E-state index contributed by atoms with van der Waals surface area (Å²) in [4.78, 5) is 32.1. The second-order valence-corrected chi connectivity index (χ2v) is 10.4. The van der Waals surface area contributed by atoms with Crippen molar-refractivity contribution in [2.24, 2.45) is 0 Å². The zero-order chi connectivity index (χ0) is 29.5. The molecule has 0 radical (unpaired) electrons. The fraction of sp³-hybridized carbons (Fsp3) is 0.344. The predicted octanol–water partition coefficient (Wildman–Crippen LogP) is 5.67. The minimum atomic E-state index is -0.255. The van der Waals surface area contributed by atoms with Gasteiger partial charge in [0.2, 0.25) is 0 Å². The third-order valence-electron chi connectivity index (χ3n) is 7.43. The molecule has 2 N–H and O–H groups in total. The summed E-state index contributed by atoms with van der Waals surface area (Å²) in [5.41, 5.74) is 2.43. The van der Waals surface area contributed by atoms with Crippen LogP contribution in [0, 0.1) is 0 Å². The highest BCUT2D eigenvalue weighted by atomic mass is 16.5. The van der Waals surface area contributed by atoms with Crippen LogP contribution in [0.4, 0.5) is 10.6 Å². The number of fused-ring (bicyclic) bond motifs is 1. The molecule has 10 nitrogen and oxygen atoms in total. The molecular formula is C32H37N5O5. The van der Waals surface area contributed by atoms with Gasteiger partial charge in [0.25, 0.3) is 5.91 Å². The van der Waals surface area contributed by atoms with Crippen molar-refractivity contribution < 1.29 is 23.8 Å². The number of aromatic nitrogens is 2. The molecule has 0 saturated carbocycles. The van der Waals surface area contributed by atoms with Gasteiger partial charge in [-0.05, 0) is 62.2 Å². The van der Waals surface area contributed by atoms with Crippen LogP contribution in [0.1, 0.15) is 42.1 Å². The quantitative estimate of drug-likeness (QED) is 0.224. The van der Waals surface area contributed by atoms with Crippen molar-refractivity contribution >= 4 is 28.7 Å². The molecule has 1 atom stereocenters. The molecule has 10 heteroatoms. The van der Waals surface area contributed by atoms with Crippen molar-refractivity contribution in [2.75, 3.05) is 39.2 Å². The third kappa shape index (κ3) is 6.89. The average Bonchev–Trinajstić information content (AvgIpc) is 3.60. The Labute approximate surface area is 245 Å². The van der Waals surface area contributed by atoms with E-state index < -0.39 is 0 Å². The number of likely N-dealkylation sites (tertiary alicyclic amines) is 1. The largest absolute Gasteiger partial charge is 0.490 e. The maximum absolute atomic E-state index is 13.0. The summed E-state index contributed by atoms with van der Waals surface area (Å²) in [5, 5.41) is 6.31. The maximum atomic E-state index is 13.0. The van der Waals surface area contributed by atoms with E-state index in [4.69, 9.17) is 14.2 Å². The van der Waals surface area contributed by atoms with E-state index in [9.17, 15) is 9.59 Å². The molecule has 0 bridgehead atoms. The van der Waals surface area contributed by atoms with Crippen molar-refractivity contribution in [2.45, 2.75) is 38.8 Å². The van der Waals surface area contributed by atoms with Crippen molar-refractivity contribution in [3.05, 3.63) is 78.1 Å². The summed E-state index contributed by atoms with van der Waals surface area (Å²) >= 11 is 0. The normalized spacial score (nSPS) is 15.1. The van der Waals surface area contributed by atoms with E-state index in [-0.39, 0.29) is 11.9 Å². The molecule has 1 aliphatic rings. The number of rotatable bonds is 11. The van der Waals surface area contributed by atoms with E-state index in [0.717, 1.165) is 18.5 Å². The number of hydrogen-bond donors (Lipinski definition) is 2. The smallest absolute Gasteiger partial charge is 0.325 e. The van der Waals surface area contributed by atoms with E-state index in [1.54, 1.807) is 44.8 Å².